The molecule has 0 aliphatic carbocycles. The molecule has 3 aromatic rings. The predicted molar refractivity (Wildman–Crippen MR) is 125 cm³/mol. The van der Waals surface area contributed by atoms with Crippen molar-refractivity contribution in [3.8, 4) is 5.75 Å². The van der Waals surface area contributed by atoms with Crippen molar-refractivity contribution < 1.29 is 4.74 Å². The van der Waals surface area contributed by atoms with Crippen LogP contribution in [-0.4, -0.2) is 31.7 Å². The first kappa shape index (κ1) is 22.1. The third-order valence-corrected chi connectivity index (χ3v) is 5.20. The van der Waals surface area contributed by atoms with Crippen LogP contribution in [0.15, 0.2) is 30.3 Å². The zero-order chi connectivity index (χ0) is 19.4. The van der Waals surface area contributed by atoms with Gasteiger partial charge in [-0.25, -0.2) is 4.98 Å². The van der Waals surface area contributed by atoms with Gasteiger partial charge in [0.05, 0.1) is 34.9 Å². The van der Waals surface area contributed by atoms with Crippen LogP contribution in [0.1, 0.15) is 41.0 Å². The Balaban J connectivity index is 0.00000280. The van der Waals surface area contributed by atoms with E-state index in [1.54, 1.807) is 7.11 Å². The van der Waals surface area contributed by atoms with Crippen molar-refractivity contribution in [1.29, 1.82) is 0 Å². The van der Waals surface area contributed by atoms with Crippen LogP contribution in [0, 0.1) is 0 Å². The van der Waals surface area contributed by atoms with Gasteiger partial charge in [-0.1, -0.05) is 32.4 Å². The van der Waals surface area contributed by atoms with E-state index in [4.69, 9.17) is 21.3 Å². The van der Waals surface area contributed by atoms with Crippen molar-refractivity contribution in [2.45, 2.75) is 41.0 Å². The summed E-state index contributed by atoms with van der Waals surface area (Å²) in [6, 6.07) is 9.98. The van der Waals surface area contributed by atoms with E-state index in [-0.39, 0.29) is 7.43 Å². The van der Waals surface area contributed by atoms with Crippen LogP contribution in [0.4, 0.5) is 11.4 Å². The third kappa shape index (κ3) is 4.12. The lowest BCUT2D eigenvalue weighted by atomic mass is 10.0. The van der Waals surface area contributed by atoms with Crippen LogP contribution >= 0.6 is 11.6 Å². The Morgan fingerprint density at radius 2 is 1.82 bits per heavy atom. The molecule has 0 aliphatic rings. The monoisotopic (exact) mass is 401 g/mol. The summed E-state index contributed by atoms with van der Waals surface area (Å²) in [5.41, 5.74) is 4.08. The number of unbranched alkanes of at least 4 members (excludes halogenated alkanes) is 1. The maximum absolute atomic E-state index is 6.25. The van der Waals surface area contributed by atoms with Gasteiger partial charge in [-0.3, -0.25) is 0 Å². The van der Waals surface area contributed by atoms with Gasteiger partial charge in [-0.15, -0.1) is 0 Å². The summed E-state index contributed by atoms with van der Waals surface area (Å²) in [4.78, 5) is 7.29. The quantitative estimate of drug-likeness (QED) is 0.334. The van der Waals surface area contributed by atoms with Crippen LogP contribution in [0.25, 0.3) is 21.8 Å². The van der Waals surface area contributed by atoms with Crippen molar-refractivity contribution in [2.24, 2.45) is 0 Å². The van der Waals surface area contributed by atoms with Crippen LogP contribution in [0.2, 0.25) is 5.02 Å². The van der Waals surface area contributed by atoms with Gasteiger partial charge >= 0.3 is 0 Å². The first-order chi connectivity index (χ1) is 13.1. The highest BCUT2D eigenvalue weighted by Gasteiger charge is 2.19. The summed E-state index contributed by atoms with van der Waals surface area (Å²) in [6.45, 7) is 9.30. The molecule has 0 atom stereocenters. The Labute approximate surface area is 173 Å². The molecule has 0 saturated carbocycles. The Bertz CT molecular complexity index is 938. The first-order valence-corrected chi connectivity index (χ1v) is 10.1. The predicted octanol–water partition coefficient (Wildman–Crippen LogP) is 6.74. The van der Waals surface area contributed by atoms with Gasteiger partial charge in [-0.2, -0.15) is 0 Å². The number of methoxy groups -OCH3 is 1. The minimum atomic E-state index is 0. The van der Waals surface area contributed by atoms with E-state index in [0.29, 0.717) is 5.02 Å². The van der Waals surface area contributed by atoms with Gasteiger partial charge in [0.1, 0.15) is 5.75 Å². The number of pyridine rings is 1. The van der Waals surface area contributed by atoms with E-state index in [1.807, 2.05) is 24.3 Å². The summed E-state index contributed by atoms with van der Waals surface area (Å²) >= 11 is 6.25. The van der Waals surface area contributed by atoms with Crippen LogP contribution in [0.5, 0.6) is 5.75 Å². The molecule has 2 aromatic carbocycles. The lowest BCUT2D eigenvalue weighted by molar-refractivity contribution is 0.417. The first-order valence-electron chi connectivity index (χ1n) is 9.73. The molecule has 0 spiro atoms. The van der Waals surface area contributed by atoms with E-state index in [0.717, 1.165) is 65.7 Å². The molecule has 28 heavy (non-hydrogen) atoms. The van der Waals surface area contributed by atoms with Crippen molar-refractivity contribution in [2.75, 3.05) is 37.0 Å². The van der Waals surface area contributed by atoms with Gasteiger partial charge < -0.3 is 15.0 Å². The van der Waals surface area contributed by atoms with E-state index < -0.39 is 0 Å². The maximum atomic E-state index is 6.25. The third-order valence-electron chi connectivity index (χ3n) is 4.97. The number of halogens is 1. The Kier molecular flexibility index (Phi) is 7.76. The molecule has 0 saturated heterocycles. The lowest BCUT2D eigenvalue weighted by Crippen LogP contribution is -2.23. The van der Waals surface area contributed by atoms with Gasteiger partial charge in [-0.05, 0) is 50.6 Å². The zero-order valence-electron chi connectivity index (χ0n) is 16.6. The van der Waals surface area contributed by atoms with Gasteiger partial charge in [0.15, 0.2) is 0 Å². The zero-order valence-corrected chi connectivity index (χ0v) is 17.4. The van der Waals surface area contributed by atoms with Crippen LogP contribution in [-0.2, 0) is 0 Å². The van der Waals surface area contributed by atoms with E-state index in [2.05, 4.69) is 37.1 Å². The Morgan fingerprint density at radius 1 is 1.07 bits per heavy atom. The fourth-order valence-electron chi connectivity index (χ4n) is 3.57. The highest BCUT2D eigenvalue weighted by atomic mass is 35.5. The molecule has 0 unspecified atom stereocenters. The Hall–Kier alpha value is -2.20. The average Bonchev–Trinajstić information content (AvgIpc) is 2.68. The van der Waals surface area contributed by atoms with E-state index >= 15 is 0 Å². The highest BCUT2D eigenvalue weighted by Crippen LogP contribution is 2.42. The summed E-state index contributed by atoms with van der Waals surface area (Å²) in [6.07, 6.45) is 2.25. The van der Waals surface area contributed by atoms with Gasteiger partial charge in [0, 0.05) is 30.0 Å². The number of hydrogen-bond acceptors (Lipinski definition) is 4. The average molecular weight is 402 g/mol. The number of nitrogens with one attached hydrogen (secondary N) is 1. The molecular formula is C23H32ClN3O. The number of hydrogen-bond donors (Lipinski definition) is 1. The fourth-order valence-corrected chi connectivity index (χ4v) is 3.74. The number of nitrogens with zero attached hydrogens (tertiary/aromatic N) is 2. The van der Waals surface area contributed by atoms with Crippen molar-refractivity contribution in [1.82, 2.24) is 4.98 Å². The number of aromatic nitrogens is 1. The summed E-state index contributed by atoms with van der Waals surface area (Å²) < 4.78 is 5.69. The molecule has 0 amide bonds. The molecule has 1 N–H and O–H groups in total. The fraction of sp³-hybridized carbons (Fsp3) is 0.435. The van der Waals surface area contributed by atoms with E-state index in [9.17, 15) is 0 Å². The Morgan fingerprint density at radius 3 is 2.46 bits per heavy atom. The highest BCUT2D eigenvalue weighted by molar-refractivity contribution is 6.31. The molecule has 0 fully saturated rings. The van der Waals surface area contributed by atoms with Crippen molar-refractivity contribution in [3.05, 3.63) is 35.4 Å². The maximum Gasteiger partial charge on any atom is 0.142 e. The minimum Gasteiger partial charge on any atom is -0.495 e. The smallest absolute Gasteiger partial charge is 0.142 e. The second-order valence-corrected chi connectivity index (χ2v) is 7.05. The molecule has 1 aromatic heterocycles. The van der Waals surface area contributed by atoms with Gasteiger partial charge in [0.2, 0.25) is 0 Å². The molecule has 1 heterocycles. The molecule has 152 valence electrons. The van der Waals surface area contributed by atoms with Gasteiger partial charge in [0.25, 0.3) is 0 Å². The molecule has 5 heteroatoms. The summed E-state index contributed by atoms with van der Waals surface area (Å²) in [7, 11) is 1.72. The largest absolute Gasteiger partial charge is 0.495 e. The molecule has 3 rings (SSSR count). The molecule has 0 radical (unpaired) electrons. The number of anilines is 2. The number of benzene rings is 2. The van der Waals surface area contributed by atoms with Crippen molar-refractivity contribution in [3.63, 3.8) is 0 Å². The topological polar surface area (TPSA) is 37.4 Å². The van der Waals surface area contributed by atoms with Crippen LogP contribution in [0.3, 0.4) is 0 Å². The number of fused-ring (bicyclic) bond motifs is 2. The minimum absolute atomic E-state index is 0. The normalized spacial score (nSPS) is 10.8. The molecule has 4 nitrogen and oxygen atoms in total. The van der Waals surface area contributed by atoms with Crippen molar-refractivity contribution >= 4 is 44.8 Å². The molecule has 0 bridgehead atoms. The summed E-state index contributed by atoms with van der Waals surface area (Å²) in [5, 5.41) is 6.54. The standard InChI is InChI=1S/C22H28ClN3O.CH4/c1-5-8-13-24-21-19(27-4)12-11-17-20(21)22(26(6-2)7-3)16-10-9-15(23)14-18(16)25-17;/h9-12,14,24H,5-8,13H2,1-4H3;1H4. The lowest BCUT2D eigenvalue weighted by Gasteiger charge is -2.26. The summed E-state index contributed by atoms with van der Waals surface area (Å²) in [5.74, 6) is 0.849. The molecule has 0 aliphatic heterocycles. The second kappa shape index (κ2) is 9.83. The number of rotatable bonds is 8. The van der Waals surface area contributed by atoms with E-state index in [1.165, 1.54) is 5.69 Å². The molecular weight excluding hydrogens is 370 g/mol. The van der Waals surface area contributed by atoms with Crippen LogP contribution < -0.4 is 15.0 Å². The SMILES string of the molecule is C.CCCCNc1c(OC)ccc2nc3cc(Cl)ccc3c(N(CC)CC)c12. The number of ether oxygens (including phenoxy) is 1. The second-order valence-electron chi connectivity index (χ2n) is 6.61.